The lowest BCUT2D eigenvalue weighted by atomic mass is 10.1. The van der Waals surface area contributed by atoms with Crippen LogP contribution in [0.25, 0.3) is 10.8 Å². The lowest BCUT2D eigenvalue weighted by Crippen LogP contribution is -1.85. The molecule has 92 valence electrons. The smallest absolute Gasteiger partial charge is 0.128 e. The van der Waals surface area contributed by atoms with Crippen molar-refractivity contribution in [3.63, 3.8) is 0 Å². The van der Waals surface area contributed by atoms with E-state index < -0.39 is 0 Å². The zero-order valence-electron chi connectivity index (χ0n) is 10.2. The topological polar surface area (TPSA) is 9.23 Å². The molecule has 0 spiro atoms. The lowest BCUT2D eigenvalue weighted by Gasteiger charge is -2.07. The molecule has 0 atom stereocenters. The van der Waals surface area contributed by atoms with Crippen molar-refractivity contribution < 1.29 is 4.74 Å². The van der Waals surface area contributed by atoms with Gasteiger partial charge in [-0.2, -0.15) is 0 Å². The molecule has 1 nitrogen and oxygen atoms in total. The van der Waals surface area contributed by atoms with Gasteiger partial charge in [-0.05, 0) is 40.6 Å². The van der Waals surface area contributed by atoms with Crippen LogP contribution in [0.4, 0.5) is 0 Å². The van der Waals surface area contributed by atoms with Gasteiger partial charge < -0.3 is 4.74 Å². The summed E-state index contributed by atoms with van der Waals surface area (Å²) in [5, 5.41) is 4.04. The molecule has 0 saturated heterocycles. The molecular formula is C17H12OS. The van der Waals surface area contributed by atoms with Crippen molar-refractivity contribution in [3.05, 3.63) is 72.3 Å². The highest BCUT2D eigenvalue weighted by Gasteiger charge is 1.99. The molecule has 0 amide bonds. The third-order valence-electron chi connectivity index (χ3n) is 2.97. The van der Waals surface area contributed by atoms with Crippen LogP contribution in [0.2, 0.25) is 0 Å². The molecule has 0 aromatic heterocycles. The maximum atomic E-state index is 5.84. The monoisotopic (exact) mass is 264 g/mol. The van der Waals surface area contributed by atoms with E-state index in [2.05, 4.69) is 18.2 Å². The van der Waals surface area contributed by atoms with Gasteiger partial charge in [-0.3, -0.25) is 0 Å². The van der Waals surface area contributed by atoms with Crippen LogP contribution in [0.15, 0.2) is 66.7 Å². The van der Waals surface area contributed by atoms with Crippen LogP contribution < -0.4 is 4.74 Å². The van der Waals surface area contributed by atoms with E-state index in [-0.39, 0.29) is 0 Å². The minimum atomic E-state index is 0.816. The summed E-state index contributed by atoms with van der Waals surface area (Å²) < 4.78 is 5.84. The second kappa shape index (κ2) is 5.21. The van der Waals surface area contributed by atoms with E-state index in [1.165, 1.54) is 10.8 Å². The largest absolute Gasteiger partial charge is 0.457 e. The summed E-state index contributed by atoms with van der Waals surface area (Å²) in [5.41, 5.74) is 1.01. The van der Waals surface area contributed by atoms with Crippen molar-refractivity contribution >= 4 is 28.4 Å². The predicted molar refractivity (Wildman–Crippen MR) is 83.2 cm³/mol. The highest BCUT2D eigenvalue weighted by Crippen LogP contribution is 2.25. The van der Waals surface area contributed by atoms with Crippen molar-refractivity contribution in [1.29, 1.82) is 0 Å². The zero-order valence-corrected chi connectivity index (χ0v) is 11.1. The fourth-order valence-electron chi connectivity index (χ4n) is 1.98. The molecule has 0 N–H and O–H groups in total. The first-order valence-corrected chi connectivity index (χ1v) is 6.54. The normalized spacial score (nSPS) is 10.3. The van der Waals surface area contributed by atoms with Crippen LogP contribution in [-0.4, -0.2) is 5.37 Å². The standard InChI is InChI=1S/C17H12OS/c19-12-13-5-8-16(9-6-13)18-17-10-7-14-3-1-2-4-15(14)11-17/h1-12H. The first-order chi connectivity index (χ1) is 9.35. The van der Waals surface area contributed by atoms with Gasteiger partial charge in [0.25, 0.3) is 0 Å². The molecule has 3 aromatic carbocycles. The predicted octanol–water partition coefficient (Wildman–Crippen LogP) is 4.98. The Kier molecular flexibility index (Phi) is 3.25. The number of ether oxygens (including phenoxy) is 1. The summed E-state index contributed by atoms with van der Waals surface area (Å²) in [7, 11) is 0. The van der Waals surface area contributed by atoms with Crippen LogP contribution in [0.3, 0.4) is 0 Å². The van der Waals surface area contributed by atoms with Gasteiger partial charge in [-0.15, -0.1) is 0 Å². The van der Waals surface area contributed by atoms with Crippen LogP contribution in [-0.2, 0) is 0 Å². The molecule has 2 heteroatoms. The number of benzene rings is 3. The number of fused-ring (bicyclic) bond motifs is 1. The molecule has 0 saturated carbocycles. The second-order valence-corrected chi connectivity index (χ2v) is 4.53. The number of thiocarbonyl (C=S) groups is 1. The Bertz CT molecular complexity index is 717. The molecule has 3 aromatic rings. The van der Waals surface area contributed by atoms with Crippen LogP contribution in [0.5, 0.6) is 11.5 Å². The molecule has 0 radical (unpaired) electrons. The quantitative estimate of drug-likeness (QED) is 0.617. The summed E-state index contributed by atoms with van der Waals surface area (Å²) in [6.45, 7) is 0. The SMILES string of the molecule is S=Cc1ccc(Oc2ccc3ccccc3c2)cc1. The van der Waals surface area contributed by atoms with Crippen LogP contribution >= 0.6 is 12.2 Å². The van der Waals surface area contributed by atoms with Gasteiger partial charge >= 0.3 is 0 Å². The van der Waals surface area contributed by atoms with Crippen molar-refractivity contribution in [1.82, 2.24) is 0 Å². The molecule has 0 heterocycles. The first-order valence-electron chi connectivity index (χ1n) is 6.07. The maximum absolute atomic E-state index is 5.84. The molecular weight excluding hydrogens is 252 g/mol. The maximum Gasteiger partial charge on any atom is 0.128 e. The Balaban J connectivity index is 1.89. The number of hydrogen-bond acceptors (Lipinski definition) is 2. The first kappa shape index (κ1) is 11.9. The molecule has 0 fully saturated rings. The summed E-state index contributed by atoms with van der Waals surface area (Å²) in [4.78, 5) is 0. The van der Waals surface area contributed by atoms with Gasteiger partial charge in [0.05, 0.1) is 0 Å². The van der Waals surface area contributed by atoms with E-state index >= 15 is 0 Å². The van der Waals surface area contributed by atoms with Crippen molar-refractivity contribution in [2.24, 2.45) is 0 Å². The fraction of sp³-hybridized carbons (Fsp3) is 0. The molecule has 3 rings (SSSR count). The Hall–Kier alpha value is -2.19. The number of hydrogen-bond donors (Lipinski definition) is 0. The van der Waals surface area contributed by atoms with E-state index in [0.717, 1.165) is 17.1 Å². The van der Waals surface area contributed by atoms with Gasteiger partial charge in [0.15, 0.2) is 0 Å². The van der Waals surface area contributed by atoms with Crippen LogP contribution in [0, 0.1) is 0 Å². The van der Waals surface area contributed by atoms with Gasteiger partial charge in [-0.25, -0.2) is 0 Å². The van der Waals surface area contributed by atoms with Gasteiger partial charge in [-0.1, -0.05) is 54.7 Å². The Morgan fingerprint density at radius 3 is 2.16 bits per heavy atom. The molecule has 19 heavy (non-hydrogen) atoms. The molecule has 0 bridgehead atoms. The minimum absolute atomic E-state index is 0.816. The number of rotatable bonds is 3. The Labute approximate surface area is 117 Å². The zero-order chi connectivity index (χ0) is 13.1. The highest BCUT2D eigenvalue weighted by atomic mass is 32.1. The average molecular weight is 264 g/mol. The van der Waals surface area contributed by atoms with Crippen molar-refractivity contribution in [2.45, 2.75) is 0 Å². The van der Waals surface area contributed by atoms with Gasteiger partial charge in [0.2, 0.25) is 0 Å². The van der Waals surface area contributed by atoms with Crippen molar-refractivity contribution in [2.75, 3.05) is 0 Å². The highest BCUT2D eigenvalue weighted by molar-refractivity contribution is 7.79. The van der Waals surface area contributed by atoms with E-state index in [9.17, 15) is 0 Å². The Morgan fingerprint density at radius 1 is 0.737 bits per heavy atom. The van der Waals surface area contributed by atoms with E-state index in [0.29, 0.717) is 0 Å². The molecule has 0 aliphatic heterocycles. The third kappa shape index (κ3) is 2.64. The minimum Gasteiger partial charge on any atom is -0.457 e. The summed E-state index contributed by atoms with van der Waals surface area (Å²) in [5.74, 6) is 1.66. The third-order valence-corrected chi connectivity index (χ3v) is 3.24. The van der Waals surface area contributed by atoms with E-state index in [1.807, 2.05) is 48.5 Å². The molecule has 0 unspecified atom stereocenters. The van der Waals surface area contributed by atoms with E-state index in [4.69, 9.17) is 17.0 Å². The lowest BCUT2D eigenvalue weighted by molar-refractivity contribution is 0.483. The van der Waals surface area contributed by atoms with E-state index in [1.54, 1.807) is 5.37 Å². The Morgan fingerprint density at radius 2 is 1.42 bits per heavy atom. The van der Waals surface area contributed by atoms with Crippen LogP contribution in [0.1, 0.15) is 5.56 Å². The fourth-order valence-corrected chi connectivity index (χ4v) is 2.14. The van der Waals surface area contributed by atoms with Crippen molar-refractivity contribution in [3.8, 4) is 11.5 Å². The average Bonchev–Trinajstić information content (AvgIpc) is 2.48. The summed E-state index contributed by atoms with van der Waals surface area (Å²) in [6, 6.07) is 22.1. The van der Waals surface area contributed by atoms with Gasteiger partial charge in [0, 0.05) is 5.37 Å². The molecule has 0 aliphatic carbocycles. The second-order valence-electron chi connectivity index (χ2n) is 4.30. The summed E-state index contributed by atoms with van der Waals surface area (Å²) in [6.07, 6.45) is 0. The molecule has 0 aliphatic rings. The summed E-state index contributed by atoms with van der Waals surface area (Å²) >= 11 is 4.88. The van der Waals surface area contributed by atoms with Gasteiger partial charge in [0.1, 0.15) is 11.5 Å².